The van der Waals surface area contributed by atoms with Crippen molar-refractivity contribution >= 4 is 5.97 Å². The van der Waals surface area contributed by atoms with Gasteiger partial charge in [0, 0.05) is 30.5 Å². The van der Waals surface area contributed by atoms with Crippen molar-refractivity contribution in [2.45, 2.75) is 75.5 Å². The molecule has 1 unspecified atom stereocenters. The number of hydrogen-bond donors (Lipinski definition) is 2. The molecule has 1 atom stereocenters. The molecule has 21 heavy (non-hydrogen) atoms. The fourth-order valence-corrected chi connectivity index (χ4v) is 4.79. The minimum absolute atomic E-state index is 0.0990. The van der Waals surface area contributed by atoms with E-state index in [1.54, 1.807) is 0 Å². The summed E-state index contributed by atoms with van der Waals surface area (Å²) in [7, 11) is 1.33. The van der Waals surface area contributed by atoms with Gasteiger partial charge in [-0.2, -0.15) is 0 Å². The molecule has 2 N–H and O–H groups in total. The first kappa shape index (κ1) is 16.7. The molecular weight excluding hydrogens is 270 g/mol. The van der Waals surface area contributed by atoms with Crippen LogP contribution < -0.4 is 0 Å². The number of aliphatic hydroxyl groups is 2. The van der Waals surface area contributed by atoms with Crippen LogP contribution >= 0.6 is 0 Å². The number of ether oxygens (including phenoxy) is 1. The number of hydrogen-bond acceptors (Lipinski definition) is 5. The topological polar surface area (TPSA) is 70.0 Å². The van der Waals surface area contributed by atoms with Crippen LogP contribution in [0.1, 0.15) is 58.8 Å². The Morgan fingerprint density at radius 2 is 1.81 bits per heavy atom. The van der Waals surface area contributed by atoms with Crippen LogP contribution in [0, 0.1) is 0 Å². The van der Waals surface area contributed by atoms with Crippen LogP contribution in [-0.2, 0) is 9.53 Å². The zero-order valence-electron chi connectivity index (χ0n) is 13.5. The van der Waals surface area contributed by atoms with E-state index in [2.05, 4.69) is 4.90 Å². The van der Waals surface area contributed by atoms with Crippen LogP contribution in [0.5, 0.6) is 0 Å². The second-order valence-corrected chi connectivity index (χ2v) is 7.35. The van der Waals surface area contributed by atoms with Gasteiger partial charge in [0.15, 0.2) is 5.60 Å². The number of likely N-dealkylation sites (tertiary alicyclic amines) is 1. The second-order valence-electron chi connectivity index (χ2n) is 7.35. The quantitative estimate of drug-likeness (QED) is 0.772. The number of carbonyl (C=O) groups is 1. The Hall–Kier alpha value is -0.650. The number of piperidine rings is 1. The highest BCUT2D eigenvalue weighted by atomic mass is 16.5. The van der Waals surface area contributed by atoms with Crippen molar-refractivity contribution in [3.05, 3.63) is 0 Å². The first-order valence-corrected chi connectivity index (χ1v) is 7.99. The van der Waals surface area contributed by atoms with Gasteiger partial charge in [-0.3, -0.25) is 4.90 Å². The lowest BCUT2D eigenvalue weighted by atomic mass is 9.64. The van der Waals surface area contributed by atoms with Gasteiger partial charge in [-0.15, -0.1) is 0 Å². The summed E-state index contributed by atoms with van der Waals surface area (Å²) in [6.07, 6.45) is 6.10. The predicted octanol–water partition coefficient (Wildman–Crippen LogP) is 1.46. The monoisotopic (exact) mass is 299 g/mol. The first-order chi connectivity index (χ1) is 9.80. The Bertz CT molecular complexity index is 390. The van der Waals surface area contributed by atoms with Crippen molar-refractivity contribution in [2.24, 2.45) is 0 Å². The molecule has 5 nitrogen and oxygen atoms in total. The molecular formula is C16H29NO4. The molecule has 2 rings (SSSR count). The molecule has 2 fully saturated rings. The number of rotatable bonds is 3. The van der Waals surface area contributed by atoms with Crippen LogP contribution in [0.3, 0.4) is 0 Å². The lowest BCUT2D eigenvalue weighted by Crippen LogP contribution is -2.70. The Morgan fingerprint density at radius 3 is 2.33 bits per heavy atom. The molecule has 1 heterocycles. The van der Waals surface area contributed by atoms with E-state index in [1.807, 2.05) is 13.8 Å². The SMILES string of the molecule is COC(=O)C1(O)CC(C)(C)N(CCO)C2(CCCCC2)C1. The van der Waals surface area contributed by atoms with Gasteiger partial charge in [-0.1, -0.05) is 19.3 Å². The molecule has 0 radical (unpaired) electrons. The first-order valence-electron chi connectivity index (χ1n) is 7.99. The zero-order valence-corrected chi connectivity index (χ0v) is 13.5. The molecule has 1 saturated heterocycles. The van der Waals surface area contributed by atoms with Crippen molar-refractivity contribution in [2.75, 3.05) is 20.3 Å². The third-order valence-electron chi connectivity index (χ3n) is 5.32. The van der Waals surface area contributed by atoms with E-state index < -0.39 is 11.6 Å². The van der Waals surface area contributed by atoms with E-state index in [0.717, 1.165) is 25.7 Å². The van der Waals surface area contributed by atoms with E-state index >= 15 is 0 Å². The number of methoxy groups -OCH3 is 1. The number of aliphatic hydroxyl groups excluding tert-OH is 1. The van der Waals surface area contributed by atoms with Crippen molar-refractivity contribution in [3.8, 4) is 0 Å². The Kier molecular flexibility index (Phi) is 4.66. The third-order valence-corrected chi connectivity index (χ3v) is 5.32. The van der Waals surface area contributed by atoms with E-state index in [0.29, 0.717) is 19.4 Å². The maximum atomic E-state index is 12.1. The van der Waals surface area contributed by atoms with Gasteiger partial charge < -0.3 is 14.9 Å². The smallest absolute Gasteiger partial charge is 0.337 e. The van der Waals surface area contributed by atoms with E-state index in [-0.39, 0.29) is 17.7 Å². The minimum Gasteiger partial charge on any atom is -0.467 e. The molecule has 1 saturated carbocycles. The summed E-state index contributed by atoms with van der Waals surface area (Å²) in [4.78, 5) is 14.5. The fourth-order valence-electron chi connectivity index (χ4n) is 4.79. The summed E-state index contributed by atoms with van der Waals surface area (Å²) in [6.45, 7) is 4.78. The molecule has 1 aliphatic carbocycles. The summed E-state index contributed by atoms with van der Waals surface area (Å²) in [5.41, 5.74) is -1.96. The van der Waals surface area contributed by atoms with Gasteiger partial charge >= 0.3 is 5.97 Å². The van der Waals surface area contributed by atoms with Crippen LogP contribution in [-0.4, -0.2) is 58.0 Å². The van der Waals surface area contributed by atoms with Crippen LogP contribution in [0.25, 0.3) is 0 Å². The minimum atomic E-state index is -1.42. The van der Waals surface area contributed by atoms with Crippen molar-refractivity contribution in [3.63, 3.8) is 0 Å². The number of nitrogens with zero attached hydrogens (tertiary/aromatic N) is 1. The maximum absolute atomic E-state index is 12.1. The van der Waals surface area contributed by atoms with Crippen LogP contribution in [0.15, 0.2) is 0 Å². The van der Waals surface area contributed by atoms with E-state index in [1.165, 1.54) is 13.5 Å². The number of esters is 1. The summed E-state index contributed by atoms with van der Waals surface area (Å²) in [5, 5.41) is 20.4. The highest BCUT2D eigenvalue weighted by Crippen LogP contribution is 2.50. The van der Waals surface area contributed by atoms with E-state index in [9.17, 15) is 15.0 Å². The molecule has 2 aliphatic rings. The standard InChI is InChI=1S/C16H29NO4/c1-14(2)11-16(20,13(19)21-3)12-15(17(14)9-10-18)7-5-4-6-8-15/h18,20H,4-12H2,1-3H3. The number of carbonyl (C=O) groups excluding carboxylic acids is 1. The molecule has 0 aromatic rings. The Morgan fingerprint density at radius 1 is 1.19 bits per heavy atom. The van der Waals surface area contributed by atoms with Gasteiger partial charge in [-0.25, -0.2) is 4.79 Å². The average molecular weight is 299 g/mol. The summed E-state index contributed by atoms with van der Waals surface area (Å²) < 4.78 is 4.86. The Labute approximate surface area is 127 Å². The molecule has 0 bridgehead atoms. The molecule has 0 aromatic heterocycles. The van der Waals surface area contributed by atoms with Gasteiger partial charge in [0.1, 0.15) is 0 Å². The summed E-state index contributed by atoms with van der Waals surface area (Å²) >= 11 is 0. The summed E-state index contributed by atoms with van der Waals surface area (Å²) in [5.74, 6) is -0.524. The highest BCUT2D eigenvalue weighted by molar-refractivity contribution is 5.79. The number of β-amino-alcohol motifs (C(OH)–C–C–N with tert-alkyl or cyclic N) is 1. The third kappa shape index (κ3) is 2.96. The molecule has 5 heteroatoms. The maximum Gasteiger partial charge on any atom is 0.337 e. The van der Waals surface area contributed by atoms with Gasteiger partial charge in [0.2, 0.25) is 0 Å². The van der Waals surface area contributed by atoms with E-state index in [4.69, 9.17) is 4.74 Å². The fraction of sp³-hybridized carbons (Fsp3) is 0.938. The van der Waals surface area contributed by atoms with Gasteiger partial charge in [-0.05, 0) is 26.7 Å². The van der Waals surface area contributed by atoms with Crippen molar-refractivity contribution < 1.29 is 19.7 Å². The zero-order chi connectivity index (χ0) is 15.7. The lowest BCUT2D eigenvalue weighted by Gasteiger charge is -2.60. The van der Waals surface area contributed by atoms with Crippen molar-refractivity contribution in [1.82, 2.24) is 4.90 Å². The highest BCUT2D eigenvalue weighted by Gasteiger charge is 2.58. The average Bonchev–Trinajstić information content (AvgIpc) is 2.42. The van der Waals surface area contributed by atoms with Crippen LogP contribution in [0.4, 0.5) is 0 Å². The Balaban J connectivity index is 2.39. The van der Waals surface area contributed by atoms with Crippen molar-refractivity contribution in [1.29, 1.82) is 0 Å². The van der Waals surface area contributed by atoms with Gasteiger partial charge in [0.05, 0.1) is 13.7 Å². The molecule has 1 spiro atoms. The largest absolute Gasteiger partial charge is 0.467 e. The molecule has 1 aliphatic heterocycles. The molecule has 0 amide bonds. The van der Waals surface area contributed by atoms with Crippen LogP contribution in [0.2, 0.25) is 0 Å². The second kappa shape index (κ2) is 5.86. The molecule has 0 aromatic carbocycles. The summed E-state index contributed by atoms with van der Waals surface area (Å²) in [6, 6.07) is 0. The predicted molar refractivity (Wildman–Crippen MR) is 79.9 cm³/mol. The molecule has 122 valence electrons. The normalized spacial score (nSPS) is 32.0. The lowest BCUT2D eigenvalue weighted by molar-refractivity contribution is -0.194. The van der Waals surface area contributed by atoms with Gasteiger partial charge in [0.25, 0.3) is 0 Å².